The number of nitrogens with zero attached hydrogens (tertiary/aromatic N) is 2. The van der Waals surface area contributed by atoms with E-state index in [1.807, 2.05) is 30.5 Å². The zero-order valence-corrected chi connectivity index (χ0v) is 17.8. The highest BCUT2D eigenvalue weighted by molar-refractivity contribution is 7.26. The lowest BCUT2D eigenvalue weighted by Crippen LogP contribution is -1.92. The van der Waals surface area contributed by atoms with Gasteiger partial charge in [0.15, 0.2) is 5.82 Å². The van der Waals surface area contributed by atoms with Gasteiger partial charge in [-0.25, -0.2) is 9.97 Å². The Hall–Kier alpha value is -4.02. The van der Waals surface area contributed by atoms with Crippen molar-refractivity contribution in [3.05, 3.63) is 97.2 Å². The van der Waals surface area contributed by atoms with Crippen LogP contribution in [0.4, 0.5) is 0 Å². The first-order valence-electron chi connectivity index (χ1n) is 10.5. The van der Waals surface area contributed by atoms with Crippen molar-refractivity contribution in [3.63, 3.8) is 0 Å². The fourth-order valence-electron chi connectivity index (χ4n) is 4.51. The van der Waals surface area contributed by atoms with Crippen LogP contribution in [-0.4, -0.2) is 9.97 Å². The summed E-state index contributed by atoms with van der Waals surface area (Å²) in [7, 11) is 0. The van der Waals surface area contributed by atoms with Crippen LogP contribution in [0.5, 0.6) is 0 Å². The molecule has 32 heavy (non-hydrogen) atoms. The van der Waals surface area contributed by atoms with E-state index in [1.54, 1.807) is 11.3 Å². The molecule has 7 rings (SSSR count). The van der Waals surface area contributed by atoms with Gasteiger partial charge in [-0.05, 0) is 30.3 Å². The summed E-state index contributed by atoms with van der Waals surface area (Å²) in [5.41, 5.74) is 4.64. The highest BCUT2D eigenvalue weighted by atomic mass is 32.1. The lowest BCUT2D eigenvalue weighted by Gasteiger charge is -2.06. The Morgan fingerprint density at radius 1 is 0.625 bits per heavy atom. The second kappa shape index (κ2) is 6.74. The van der Waals surface area contributed by atoms with Gasteiger partial charge in [0.05, 0.1) is 5.69 Å². The Kier molecular flexibility index (Phi) is 3.72. The number of para-hydroxylation sites is 2. The summed E-state index contributed by atoms with van der Waals surface area (Å²) < 4.78 is 8.73. The molecule has 0 spiro atoms. The maximum atomic E-state index is 6.24. The molecule has 0 radical (unpaired) electrons. The standard InChI is InChI=1S/C28H16N2OS/c1-3-13-24-17(7-1)19-9-5-11-21(26(19)31-24)23-15-16-29-28(30-23)22-12-6-10-20-18-8-2-4-14-25(18)32-27(20)22/h1-16H. The number of aromatic nitrogens is 2. The van der Waals surface area contributed by atoms with Gasteiger partial charge < -0.3 is 4.42 Å². The fraction of sp³-hybridized carbons (Fsp3) is 0. The van der Waals surface area contributed by atoms with Gasteiger partial charge in [0.1, 0.15) is 11.2 Å². The molecule has 0 atom stereocenters. The average molecular weight is 429 g/mol. The molecule has 0 aliphatic carbocycles. The lowest BCUT2D eigenvalue weighted by molar-refractivity contribution is 0.670. The summed E-state index contributed by atoms with van der Waals surface area (Å²) in [5.74, 6) is 0.729. The van der Waals surface area contributed by atoms with Crippen molar-refractivity contribution in [1.29, 1.82) is 0 Å². The predicted octanol–water partition coefficient (Wildman–Crippen LogP) is 8.08. The minimum absolute atomic E-state index is 0.729. The van der Waals surface area contributed by atoms with E-state index in [9.17, 15) is 0 Å². The SMILES string of the molecule is c1ccc2c(c1)oc1c(-c3ccnc(-c4cccc5c4sc4ccccc45)n3)cccc12. The van der Waals surface area contributed by atoms with E-state index in [1.165, 1.54) is 20.2 Å². The van der Waals surface area contributed by atoms with Crippen molar-refractivity contribution < 1.29 is 4.42 Å². The molecule has 0 unspecified atom stereocenters. The first kappa shape index (κ1) is 17.6. The molecule has 4 aromatic carbocycles. The van der Waals surface area contributed by atoms with Gasteiger partial charge in [-0.1, -0.05) is 60.7 Å². The minimum Gasteiger partial charge on any atom is -0.455 e. The summed E-state index contributed by atoms with van der Waals surface area (Å²) in [6.45, 7) is 0. The summed E-state index contributed by atoms with van der Waals surface area (Å²) in [6.07, 6.45) is 1.84. The number of hydrogen-bond donors (Lipinski definition) is 0. The third-order valence-electron chi connectivity index (χ3n) is 5.98. The molecule has 150 valence electrons. The largest absolute Gasteiger partial charge is 0.455 e. The fourth-order valence-corrected chi connectivity index (χ4v) is 5.72. The molecule has 0 aliphatic rings. The molecule has 0 saturated heterocycles. The zero-order valence-electron chi connectivity index (χ0n) is 16.9. The number of furan rings is 1. The number of hydrogen-bond acceptors (Lipinski definition) is 4. The van der Waals surface area contributed by atoms with E-state index in [-0.39, 0.29) is 0 Å². The smallest absolute Gasteiger partial charge is 0.161 e. The normalized spacial score (nSPS) is 11.8. The molecule has 3 aromatic heterocycles. The average Bonchev–Trinajstić information content (AvgIpc) is 3.42. The van der Waals surface area contributed by atoms with Crippen LogP contribution >= 0.6 is 11.3 Å². The second-order valence-electron chi connectivity index (χ2n) is 7.83. The summed E-state index contributed by atoms with van der Waals surface area (Å²) in [4.78, 5) is 9.63. The number of fused-ring (bicyclic) bond motifs is 6. The van der Waals surface area contributed by atoms with E-state index in [4.69, 9.17) is 9.40 Å². The highest BCUT2D eigenvalue weighted by Gasteiger charge is 2.15. The van der Waals surface area contributed by atoms with E-state index < -0.39 is 0 Å². The molecule has 0 fully saturated rings. The van der Waals surface area contributed by atoms with Crippen molar-refractivity contribution >= 4 is 53.4 Å². The van der Waals surface area contributed by atoms with Crippen LogP contribution in [0.1, 0.15) is 0 Å². The Balaban J connectivity index is 1.45. The van der Waals surface area contributed by atoms with Gasteiger partial charge in [0.2, 0.25) is 0 Å². The first-order valence-corrected chi connectivity index (χ1v) is 11.3. The van der Waals surface area contributed by atoms with E-state index in [2.05, 4.69) is 71.7 Å². The predicted molar refractivity (Wildman–Crippen MR) is 133 cm³/mol. The van der Waals surface area contributed by atoms with E-state index >= 15 is 0 Å². The van der Waals surface area contributed by atoms with Gasteiger partial charge >= 0.3 is 0 Å². The molecule has 0 N–H and O–H groups in total. The van der Waals surface area contributed by atoms with Crippen LogP contribution in [-0.2, 0) is 0 Å². The quantitative estimate of drug-likeness (QED) is 0.279. The molecule has 0 aliphatic heterocycles. The lowest BCUT2D eigenvalue weighted by atomic mass is 10.1. The molecule has 7 aromatic rings. The van der Waals surface area contributed by atoms with E-state index in [0.717, 1.165) is 44.6 Å². The van der Waals surface area contributed by atoms with Crippen molar-refractivity contribution in [1.82, 2.24) is 9.97 Å². The topological polar surface area (TPSA) is 38.9 Å². The van der Waals surface area contributed by atoms with Gasteiger partial charge in [0.25, 0.3) is 0 Å². The molecular weight excluding hydrogens is 412 g/mol. The van der Waals surface area contributed by atoms with E-state index in [0.29, 0.717) is 0 Å². The van der Waals surface area contributed by atoms with Crippen LogP contribution in [0.3, 0.4) is 0 Å². The van der Waals surface area contributed by atoms with Crippen LogP contribution in [0.15, 0.2) is 102 Å². The Labute approximate surface area is 187 Å². The number of benzene rings is 4. The Morgan fingerprint density at radius 2 is 1.38 bits per heavy atom. The van der Waals surface area contributed by atoms with Crippen LogP contribution < -0.4 is 0 Å². The highest BCUT2D eigenvalue weighted by Crippen LogP contribution is 2.40. The zero-order chi connectivity index (χ0) is 21.1. The van der Waals surface area contributed by atoms with Crippen molar-refractivity contribution in [2.24, 2.45) is 0 Å². The van der Waals surface area contributed by atoms with Gasteiger partial charge in [0, 0.05) is 48.3 Å². The maximum absolute atomic E-state index is 6.24. The van der Waals surface area contributed by atoms with Crippen molar-refractivity contribution in [2.75, 3.05) is 0 Å². The minimum atomic E-state index is 0.729. The third-order valence-corrected chi connectivity index (χ3v) is 7.20. The van der Waals surface area contributed by atoms with Crippen molar-refractivity contribution in [2.45, 2.75) is 0 Å². The summed E-state index contributed by atoms with van der Waals surface area (Å²) in [5, 5.41) is 4.74. The summed E-state index contributed by atoms with van der Waals surface area (Å²) >= 11 is 1.79. The third kappa shape index (κ3) is 2.53. The summed E-state index contributed by atoms with van der Waals surface area (Å²) in [6, 6.07) is 31.2. The number of rotatable bonds is 2. The van der Waals surface area contributed by atoms with Crippen LogP contribution in [0.2, 0.25) is 0 Å². The molecule has 0 amide bonds. The monoisotopic (exact) mass is 428 g/mol. The molecule has 4 heteroatoms. The van der Waals surface area contributed by atoms with Crippen LogP contribution in [0.25, 0.3) is 64.8 Å². The van der Waals surface area contributed by atoms with Crippen LogP contribution in [0, 0.1) is 0 Å². The van der Waals surface area contributed by atoms with Gasteiger partial charge in [-0.15, -0.1) is 11.3 Å². The first-order chi connectivity index (χ1) is 15.9. The van der Waals surface area contributed by atoms with Gasteiger partial charge in [-0.2, -0.15) is 0 Å². The number of thiophene rings is 1. The molecule has 0 saturated carbocycles. The molecule has 0 bridgehead atoms. The second-order valence-corrected chi connectivity index (χ2v) is 8.88. The molecule has 3 heterocycles. The Morgan fingerprint density at radius 3 is 2.31 bits per heavy atom. The van der Waals surface area contributed by atoms with Gasteiger partial charge in [-0.3, -0.25) is 0 Å². The molecule has 3 nitrogen and oxygen atoms in total. The maximum Gasteiger partial charge on any atom is 0.161 e. The Bertz CT molecular complexity index is 1670. The van der Waals surface area contributed by atoms with Crippen molar-refractivity contribution in [3.8, 4) is 22.6 Å². The molecular formula is C28H16N2OS.